The molecule has 30 heavy (non-hydrogen) atoms. The number of ether oxygens (including phenoxy) is 1. The van der Waals surface area contributed by atoms with Crippen LogP contribution in [-0.4, -0.2) is 27.0 Å². The van der Waals surface area contributed by atoms with Gasteiger partial charge in [-0.05, 0) is 55.0 Å². The van der Waals surface area contributed by atoms with Gasteiger partial charge in [-0.3, -0.25) is 4.79 Å². The van der Waals surface area contributed by atoms with Gasteiger partial charge in [-0.15, -0.1) is 0 Å². The predicted octanol–water partition coefficient (Wildman–Crippen LogP) is 3.65. The Balaban J connectivity index is 1.71. The van der Waals surface area contributed by atoms with Crippen molar-refractivity contribution in [1.82, 2.24) is 4.72 Å². The van der Waals surface area contributed by atoms with Gasteiger partial charge in [0.15, 0.2) is 0 Å². The number of benzene rings is 2. The Labute approximate surface area is 173 Å². The Kier molecular flexibility index (Phi) is 6.52. The Morgan fingerprint density at radius 3 is 2.53 bits per heavy atom. The molecule has 0 saturated heterocycles. The van der Waals surface area contributed by atoms with Crippen molar-refractivity contribution in [2.24, 2.45) is 0 Å². The average molecular weight is 441 g/mol. The maximum Gasteiger partial charge on any atom is 0.417 e. The fourth-order valence-electron chi connectivity index (χ4n) is 3.61. The molecule has 0 heterocycles. The van der Waals surface area contributed by atoms with Crippen molar-refractivity contribution in [2.75, 3.05) is 6.61 Å². The Bertz CT molecular complexity index is 1030. The van der Waals surface area contributed by atoms with Gasteiger partial charge in [-0.2, -0.15) is 13.2 Å². The molecule has 1 aliphatic rings. The maximum atomic E-state index is 13.2. The monoisotopic (exact) mass is 441 g/mol. The average Bonchev–Trinajstić information content (AvgIpc) is 3.06. The van der Waals surface area contributed by atoms with E-state index in [1.165, 1.54) is 6.07 Å². The first-order valence-electron chi connectivity index (χ1n) is 9.55. The van der Waals surface area contributed by atoms with E-state index in [1.54, 1.807) is 6.92 Å². The summed E-state index contributed by atoms with van der Waals surface area (Å²) < 4.78 is 72.2. The van der Waals surface area contributed by atoms with Crippen molar-refractivity contribution in [1.29, 1.82) is 0 Å². The third kappa shape index (κ3) is 5.20. The van der Waals surface area contributed by atoms with E-state index in [-0.39, 0.29) is 12.4 Å². The van der Waals surface area contributed by atoms with Crippen LogP contribution in [0.15, 0.2) is 47.4 Å². The van der Waals surface area contributed by atoms with E-state index in [1.807, 2.05) is 18.2 Å². The standard InChI is InChI=1S/C21H22F3NO4S/c1-2-29-20(26)10-8-14-7-9-15-12-17(13-16(15)11-14)25-30(27,28)19-6-4-3-5-18(19)21(22,23)24/h3-7,9,11,17,25H,2,8,10,12-13H2,1H3. The van der Waals surface area contributed by atoms with Crippen LogP contribution in [0.5, 0.6) is 0 Å². The number of fused-ring (bicyclic) bond motifs is 1. The summed E-state index contributed by atoms with van der Waals surface area (Å²) >= 11 is 0. The number of hydrogen-bond acceptors (Lipinski definition) is 4. The summed E-state index contributed by atoms with van der Waals surface area (Å²) in [5, 5.41) is 0. The third-order valence-corrected chi connectivity index (χ3v) is 6.51. The Hall–Kier alpha value is -2.39. The van der Waals surface area contributed by atoms with E-state index in [2.05, 4.69) is 4.72 Å². The number of sulfonamides is 1. The van der Waals surface area contributed by atoms with E-state index >= 15 is 0 Å². The van der Waals surface area contributed by atoms with Gasteiger partial charge in [0, 0.05) is 12.5 Å². The molecule has 0 amide bonds. The largest absolute Gasteiger partial charge is 0.466 e. The lowest BCUT2D eigenvalue weighted by atomic mass is 10.0. The first-order valence-corrected chi connectivity index (χ1v) is 11.0. The van der Waals surface area contributed by atoms with Gasteiger partial charge in [0.25, 0.3) is 0 Å². The van der Waals surface area contributed by atoms with Gasteiger partial charge < -0.3 is 4.74 Å². The van der Waals surface area contributed by atoms with Gasteiger partial charge in [-0.1, -0.05) is 30.3 Å². The molecule has 0 aromatic heterocycles. The normalized spacial score (nSPS) is 16.3. The van der Waals surface area contributed by atoms with E-state index in [4.69, 9.17) is 4.74 Å². The van der Waals surface area contributed by atoms with E-state index in [9.17, 15) is 26.4 Å². The lowest BCUT2D eigenvalue weighted by molar-refractivity contribution is -0.143. The highest BCUT2D eigenvalue weighted by Gasteiger charge is 2.38. The number of halogens is 3. The highest BCUT2D eigenvalue weighted by molar-refractivity contribution is 7.89. The molecule has 0 radical (unpaired) electrons. The Morgan fingerprint density at radius 2 is 1.83 bits per heavy atom. The smallest absolute Gasteiger partial charge is 0.417 e. The first kappa shape index (κ1) is 22.3. The molecule has 0 fully saturated rings. The maximum absolute atomic E-state index is 13.2. The first-order chi connectivity index (χ1) is 14.1. The molecular weight excluding hydrogens is 419 g/mol. The minimum atomic E-state index is -4.77. The molecule has 0 saturated carbocycles. The van der Waals surface area contributed by atoms with E-state index in [0.29, 0.717) is 25.9 Å². The third-order valence-electron chi connectivity index (χ3n) is 4.93. The number of carbonyl (C=O) groups is 1. The number of esters is 1. The number of nitrogens with one attached hydrogen (secondary N) is 1. The van der Waals surface area contributed by atoms with Crippen molar-refractivity contribution in [3.8, 4) is 0 Å². The zero-order valence-electron chi connectivity index (χ0n) is 16.3. The van der Waals surface area contributed by atoms with Crippen LogP contribution in [-0.2, 0) is 45.0 Å². The summed E-state index contributed by atoms with van der Waals surface area (Å²) in [6.07, 6.45) is -3.26. The molecule has 0 spiro atoms. The van der Waals surface area contributed by atoms with Crippen LogP contribution in [0.2, 0.25) is 0 Å². The molecule has 0 aliphatic heterocycles. The summed E-state index contributed by atoms with van der Waals surface area (Å²) in [5.41, 5.74) is 1.60. The summed E-state index contributed by atoms with van der Waals surface area (Å²) in [6.45, 7) is 2.06. The van der Waals surface area contributed by atoms with Crippen LogP contribution in [0.3, 0.4) is 0 Å². The van der Waals surface area contributed by atoms with Crippen LogP contribution in [0, 0.1) is 0 Å². The minimum Gasteiger partial charge on any atom is -0.466 e. The zero-order valence-corrected chi connectivity index (χ0v) is 17.1. The lowest BCUT2D eigenvalue weighted by Gasteiger charge is -2.16. The molecule has 2 aromatic rings. The summed E-state index contributed by atoms with van der Waals surface area (Å²) in [5.74, 6) is -0.285. The molecule has 3 rings (SSSR count). The summed E-state index contributed by atoms with van der Waals surface area (Å²) in [7, 11) is -4.34. The molecule has 162 valence electrons. The van der Waals surface area contributed by atoms with Gasteiger partial charge >= 0.3 is 12.1 Å². The SMILES string of the molecule is CCOC(=O)CCc1ccc2c(c1)CC(NS(=O)(=O)c1ccccc1C(F)(F)F)C2. The number of rotatable bonds is 7. The molecule has 5 nitrogen and oxygen atoms in total. The molecule has 1 atom stereocenters. The molecule has 1 unspecified atom stereocenters. The second-order valence-corrected chi connectivity index (χ2v) is 8.81. The number of aryl methyl sites for hydroxylation is 1. The Morgan fingerprint density at radius 1 is 1.13 bits per heavy atom. The number of carbonyl (C=O) groups excluding carboxylic acids is 1. The molecule has 1 N–H and O–H groups in total. The fourth-order valence-corrected chi connectivity index (χ4v) is 5.07. The molecule has 0 bridgehead atoms. The van der Waals surface area contributed by atoms with Crippen molar-refractivity contribution < 1.29 is 31.1 Å². The van der Waals surface area contributed by atoms with Crippen molar-refractivity contribution in [3.05, 3.63) is 64.7 Å². The second kappa shape index (κ2) is 8.77. The molecule has 2 aromatic carbocycles. The second-order valence-electron chi connectivity index (χ2n) is 7.13. The van der Waals surface area contributed by atoms with E-state index in [0.717, 1.165) is 34.9 Å². The highest BCUT2D eigenvalue weighted by atomic mass is 32.2. The topological polar surface area (TPSA) is 72.5 Å². The quantitative estimate of drug-likeness (QED) is 0.666. The van der Waals surface area contributed by atoms with Gasteiger partial charge in [0.2, 0.25) is 10.0 Å². The fraction of sp³-hybridized carbons (Fsp3) is 0.381. The van der Waals surface area contributed by atoms with Crippen molar-refractivity contribution in [3.63, 3.8) is 0 Å². The van der Waals surface area contributed by atoms with Crippen molar-refractivity contribution in [2.45, 2.75) is 49.7 Å². The van der Waals surface area contributed by atoms with Crippen molar-refractivity contribution >= 4 is 16.0 Å². The van der Waals surface area contributed by atoms with Crippen LogP contribution in [0.25, 0.3) is 0 Å². The summed E-state index contributed by atoms with van der Waals surface area (Å²) in [6, 6.07) is 9.25. The summed E-state index contributed by atoms with van der Waals surface area (Å²) in [4.78, 5) is 10.7. The molecule has 9 heteroatoms. The van der Waals surface area contributed by atoms with E-state index < -0.39 is 32.7 Å². The van der Waals surface area contributed by atoms with Crippen LogP contribution < -0.4 is 4.72 Å². The number of hydrogen-bond donors (Lipinski definition) is 1. The van der Waals surface area contributed by atoms with Crippen LogP contribution >= 0.6 is 0 Å². The number of alkyl halides is 3. The molecule has 1 aliphatic carbocycles. The van der Waals surface area contributed by atoms with Gasteiger partial charge in [0.05, 0.1) is 17.1 Å². The molecular formula is C21H22F3NO4S. The van der Waals surface area contributed by atoms with Gasteiger partial charge in [0.1, 0.15) is 0 Å². The predicted molar refractivity (Wildman–Crippen MR) is 104 cm³/mol. The van der Waals surface area contributed by atoms with Gasteiger partial charge in [-0.25, -0.2) is 13.1 Å². The van der Waals surface area contributed by atoms with Crippen LogP contribution in [0.4, 0.5) is 13.2 Å². The lowest BCUT2D eigenvalue weighted by Crippen LogP contribution is -2.36. The highest BCUT2D eigenvalue weighted by Crippen LogP contribution is 2.34. The van der Waals surface area contributed by atoms with Crippen LogP contribution in [0.1, 0.15) is 35.6 Å². The zero-order chi connectivity index (χ0) is 21.9. The minimum absolute atomic E-state index is 0.247.